The van der Waals surface area contributed by atoms with Gasteiger partial charge < -0.3 is 4.90 Å². The van der Waals surface area contributed by atoms with E-state index in [-0.39, 0.29) is 22.6 Å². The number of benzene rings is 3. The van der Waals surface area contributed by atoms with Crippen molar-refractivity contribution < 1.29 is 9.18 Å². The number of hydrogen-bond acceptors (Lipinski definition) is 1. The molecular weight excluding hydrogens is 469 g/mol. The van der Waals surface area contributed by atoms with Crippen LogP contribution in [0.25, 0.3) is 0 Å². The Bertz CT molecular complexity index is 1290. The molecule has 1 amide bonds. The molecule has 0 spiro atoms. The highest BCUT2D eigenvalue weighted by Crippen LogP contribution is 2.57. The van der Waals surface area contributed by atoms with E-state index in [2.05, 4.69) is 77.1 Å². The molecule has 1 fully saturated rings. The number of carbonyl (C=O) groups is 1. The predicted octanol–water partition coefficient (Wildman–Crippen LogP) is 8.61. The third-order valence-electron chi connectivity index (χ3n) is 9.59. The van der Waals surface area contributed by atoms with E-state index in [9.17, 15) is 9.18 Å². The van der Waals surface area contributed by atoms with E-state index < -0.39 is 0 Å². The second-order valence-corrected chi connectivity index (χ2v) is 12.7. The largest absolute Gasteiger partial charge is 0.334 e. The van der Waals surface area contributed by atoms with Gasteiger partial charge in [-0.05, 0) is 102 Å². The second kappa shape index (κ2) is 10.3. The lowest BCUT2D eigenvalue weighted by Gasteiger charge is -2.56. The van der Waals surface area contributed by atoms with E-state index >= 15 is 0 Å². The van der Waals surface area contributed by atoms with Gasteiger partial charge in [0.25, 0.3) is 5.91 Å². The molecule has 0 saturated heterocycles. The highest BCUT2D eigenvalue weighted by molar-refractivity contribution is 5.94. The maximum absolute atomic E-state index is 13.9. The molecule has 0 radical (unpaired) electrons. The Morgan fingerprint density at radius 3 is 2.39 bits per heavy atom. The lowest BCUT2D eigenvalue weighted by atomic mass is 9.49. The van der Waals surface area contributed by atoms with Gasteiger partial charge in [-0.15, -0.1) is 0 Å². The molecule has 0 heterocycles. The molecule has 3 aromatic rings. The van der Waals surface area contributed by atoms with Gasteiger partial charge in [-0.25, -0.2) is 4.39 Å². The zero-order chi connectivity index (χ0) is 27.1. The average molecular weight is 512 g/mol. The molecule has 38 heavy (non-hydrogen) atoms. The molecule has 2 aliphatic rings. The molecule has 3 heteroatoms. The molecule has 0 N–H and O–H groups in total. The quantitative estimate of drug-likeness (QED) is 0.324. The molecule has 0 bridgehead atoms. The summed E-state index contributed by atoms with van der Waals surface area (Å²) in [6, 6.07) is 21.7. The molecule has 3 atom stereocenters. The smallest absolute Gasteiger partial charge is 0.254 e. The lowest BCUT2D eigenvalue weighted by molar-refractivity contribution is -0.00282. The van der Waals surface area contributed by atoms with Crippen LogP contribution in [0, 0.1) is 24.1 Å². The third-order valence-corrected chi connectivity index (χ3v) is 9.59. The number of aryl methyl sites for hydroxylation is 2. The van der Waals surface area contributed by atoms with Crippen molar-refractivity contribution in [2.24, 2.45) is 11.3 Å². The summed E-state index contributed by atoms with van der Waals surface area (Å²) in [5.41, 5.74) is 7.49. The van der Waals surface area contributed by atoms with Crippen molar-refractivity contribution in [3.05, 3.63) is 106 Å². The van der Waals surface area contributed by atoms with Gasteiger partial charge in [0, 0.05) is 18.7 Å². The van der Waals surface area contributed by atoms with Crippen LogP contribution in [0.2, 0.25) is 0 Å². The first-order valence-corrected chi connectivity index (χ1v) is 14.3. The van der Waals surface area contributed by atoms with Crippen molar-refractivity contribution in [3.8, 4) is 0 Å². The fourth-order valence-corrected chi connectivity index (χ4v) is 7.52. The fourth-order valence-electron chi connectivity index (χ4n) is 7.52. The van der Waals surface area contributed by atoms with E-state index in [0.29, 0.717) is 30.5 Å². The van der Waals surface area contributed by atoms with Crippen LogP contribution in [-0.2, 0) is 18.4 Å². The Kier molecular flexibility index (Phi) is 7.24. The normalized spacial score (nSPS) is 24.6. The fraction of sp³-hybridized carbons (Fsp3) is 0.457. The van der Waals surface area contributed by atoms with Crippen LogP contribution in [0.3, 0.4) is 0 Å². The highest BCUT2D eigenvalue weighted by atomic mass is 19.1. The topological polar surface area (TPSA) is 20.3 Å². The SMILES string of the molecule is Cc1ccc(CN(CC2(C)CCCC3(C)c4ccc(C(C)C)cc4CCC23)C(=O)c2ccc(F)cc2)cc1. The minimum atomic E-state index is -0.317. The van der Waals surface area contributed by atoms with Crippen molar-refractivity contribution in [3.63, 3.8) is 0 Å². The average Bonchev–Trinajstić information content (AvgIpc) is 2.89. The standard InChI is InChI=1S/C35H42FNO/c1-24(2)28-13-17-31-29(21-28)14-18-32-34(4,19-6-20-35(31,32)5)23-37(22-26-9-7-25(3)8-10-26)33(38)27-11-15-30(36)16-12-27/h7-13,15-17,21,24,32H,6,14,18-20,22-23H2,1-5H3. The number of fused-ring (bicyclic) bond motifs is 3. The third kappa shape index (κ3) is 5.05. The molecule has 2 nitrogen and oxygen atoms in total. The number of rotatable bonds is 6. The van der Waals surface area contributed by atoms with E-state index in [1.54, 1.807) is 12.1 Å². The first-order chi connectivity index (χ1) is 18.1. The molecule has 5 rings (SSSR count). The summed E-state index contributed by atoms with van der Waals surface area (Å²) in [6.45, 7) is 12.8. The van der Waals surface area contributed by atoms with Crippen molar-refractivity contribution in [1.82, 2.24) is 4.90 Å². The summed E-state index contributed by atoms with van der Waals surface area (Å²) in [7, 11) is 0. The molecule has 1 saturated carbocycles. The molecular formula is C35H42FNO. The van der Waals surface area contributed by atoms with Gasteiger partial charge in [0.1, 0.15) is 5.82 Å². The highest BCUT2D eigenvalue weighted by Gasteiger charge is 2.52. The van der Waals surface area contributed by atoms with Crippen LogP contribution >= 0.6 is 0 Å². The Morgan fingerprint density at radius 1 is 1.00 bits per heavy atom. The summed E-state index contributed by atoms with van der Waals surface area (Å²) in [6.07, 6.45) is 5.75. The van der Waals surface area contributed by atoms with Gasteiger partial charge in [-0.3, -0.25) is 4.79 Å². The maximum Gasteiger partial charge on any atom is 0.254 e. The number of amides is 1. The Balaban J connectivity index is 1.48. The van der Waals surface area contributed by atoms with Crippen LogP contribution in [0.4, 0.5) is 4.39 Å². The number of nitrogens with zero attached hydrogens (tertiary/aromatic N) is 1. The first-order valence-electron chi connectivity index (χ1n) is 14.3. The minimum absolute atomic E-state index is 0.00178. The Hall–Kier alpha value is -2.94. The summed E-state index contributed by atoms with van der Waals surface area (Å²) in [4.78, 5) is 15.9. The van der Waals surface area contributed by atoms with Gasteiger partial charge >= 0.3 is 0 Å². The van der Waals surface area contributed by atoms with Gasteiger partial charge in [0.05, 0.1) is 0 Å². The summed E-state index contributed by atoms with van der Waals surface area (Å²) in [5.74, 6) is 0.706. The summed E-state index contributed by atoms with van der Waals surface area (Å²) in [5, 5.41) is 0. The molecule has 3 aromatic carbocycles. The number of halogens is 1. The van der Waals surface area contributed by atoms with Gasteiger partial charge in [0.2, 0.25) is 0 Å². The monoisotopic (exact) mass is 511 g/mol. The van der Waals surface area contributed by atoms with E-state index in [1.807, 2.05) is 4.90 Å². The molecule has 0 aliphatic heterocycles. The van der Waals surface area contributed by atoms with Crippen LogP contribution < -0.4 is 0 Å². The summed E-state index contributed by atoms with van der Waals surface area (Å²) >= 11 is 0. The lowest BCUT2D eigenvalue weighted by Crippen LogP contribution is -2.53. The maximum atomic E-state index is 13.9. The zero-order valence-electron chi connectivity index (χ0n) is 23.7. The molecule has 0 aromatic heterocycles. The molecule has 200 valence electrons. The van der Waals surface area contributed by atoms with Gasteiger partial charge in [-0.2, -0.15) is 0 Å². The van der Waals surface area contributed by atoms with Crippen molar-refractivity contribution in [2.45, 2.75) is 84.6 Å². The first kappa shape index (κ1) is 26.7. The summed E-state index contributed by atoms with van der Waals surface area (Å²) < 4.78 is 13.7. The van der Waals surface area contributed by atoms with E-state index in [0.717, 1.165) is 31.2 Å². The minimum Gasteiger partial charge on any atom is -0.334 e. The van der Waals surface area contributed by atoms with Crippen LogP contribution in [0.15, 0.2) is 66.7 Å². The molecule has 2 aliphatic carbocycles. The van der Waals surface area contributed by atoms with Crippen molar-refractivity contribution >= 4 is 5.91 Å². The van der Waals surface area contributed by atoms with Crippen LogP contribution in [-0.4, -0.2) is 17.4 Å². The number of carbonyl (C=O) groups excluding carboxylic acids is 1. The van der Waals surface area contributed by atoms with E-state index in [1.165, 1.54) is 40.8 Å². The zero-order valence-corrected chi connectivity index (χ0v) is 23.7. The van der Waals surface area contributed by atoms with Crippen LogP contribution in [0.1, 0.15) is 97.5 Å². The Labute approximate surface area is 228 Å². The Morgan fingerprint density at radius 2 is 1.71 bits per heavy atom. The molecule has 3 unspecified atom stereocenters. The van der Waals surface area contributed by atoms with Gasteiger partial charge in [-0.1, -0.05) is 82.1 Å². The number of hydrogen-bond donors (Lipinski definition) is 0. The second-order valence-electron chi connectivity index (χ2n) is 12.7. The van der Waals surface area contributed by atoms with Crippen molar-refractivity contribution in [2.75, 3.05) is 6.54 Å². The van der Waals surface area contributed by atoms with Crippen molar-refractivity contribution in [1.29, 1.82) is 0 Å². The van der Waals surface area contributed by atoms with E-state index in [4.69, 9.17) is 0 Å². The van der Waals surface area contributed by atoms with Crippen LogP contribution in [0.5, 0.6) is 0 Å². The predicted molar refractivity (Wildman–Crippen MR) is 154 cm³/mol. The van der Waals surface area contributed by atoms with Gasteiger partial charge in [0.15, 0.2) is 0 Å².